The molecular formula is C18H30O8. The summed E-state index contributed by atoms with van der Waals surface area (Å²) in [7, 11) is 0. The predicted molar refractivity (Wildman–Crippen MR) is 90.2 cm³/mol. The van der Waals surface area contributed by atoms with Gasteiger partial charge in [0.05, 0.1) is 39.3 Å². The van der Waals surface area contributed by atoms with Crippen molar-refractivity contribution in [2.45, 2.75) is 77.2 Å². The Bertz CT molecular complexity index is 452. The molecule has 26 heavy (non-hydrogen) atoms. The van der Waals surface area contributed by atoms with Crippen molar-refractivity contribution in [1.82, 2.24) is 0 Å². The van der Waals surface area contributed by atoms with Crippen LogP contribution in [0.2, 0.25) is 0 Å². The first kappa shape index (κ1) is 21.1. The number of ether oxygens (including phenoxy) is 6. The van der Waals surface area contributed by atoms with Gasteiger partial charge >= 0.3 is 11.9 Å². The minimum absolute atomic E-state index is 0.232. The summed E-state index contributed by atoms with van der Waals surface area (Å²) in [6.07, 6.45) is 0.719. The molecule has 0 spiro atoms. The third-order valence-corrected chi connectivity index (χ3v) is 4.50. The van der Waals surface area contributed by atoms with Gasteiger partial charge in [0.25, 0.3) is 0 Å². The van der Waals surface area contributed by atoms with Gasteiger partial charge in [0.1, 0.15) is 12.2 Å². The van der Waals surface area contributed by atoms with Crippen molar-refractivity contribution in [2.75, 3.05) is 26.4 Å². The lowest BCUT2D eigenvalue weighted by Crippen LogP contribution is -2.36. The zero-order valence-electron chi connectivity index (χ0n) is 16.1. The first-order valence-corrected chi connectivity index (χ1v) is 9.24. The van der Waals surface area contributed by atoms with Gasteiger partial charge < -0.3 is 28.4 Å². The molecular weight excluding hydrogens is 344 g/mol. The molecule has 0 aromatic carbocycles. The summed E-state index contributed by atoms with van der Waals surface area (Å²) in [6.45, 7) is 8.60. The number of carbonyl (C=O) groups is 2. The van der Waals surface area contributed by atoms with Crippen molar-refractivity contribution < 1.29 is 38.0 Å². The van der Waals surface area contributed by atoms with Crippen molar-refractivity contribution >= 4 is 11.9 Å². The standard InChI is InChI=1S/C18H30O8/c1-5-21-15(19)7-9-17(3)23-11-13(25-17)14-12-24-18(4,26-14)10-8-16(20)22-6-2/h13-14H,5-12H2,1-4H3. The smallest absolute Gasteiger partial charge is 0.305 e. The molecule has 4 atom stereocenters. The number of carbonyl (C=O) groups excluding carboxylic acids is 2. The molecule has 2 heterocycles. The summed E-state index contributed by atoms with van der Waals surface area (Å²) in [5.41, 5.74) is 0. The predicted octanol–water partition coefficient (Wildman–Crippen LogP) is 1.94. The number of rotatable bonds is 9. The van der Waals surface area contributed by atoms with Crippen LogP contribution in [0.5, 0.6) is 0 Å². The molecule has 2 fully saturated rings. The molecule has 0 radical (unpaired) electrons. The monoisotopic (exact) mass is 374 g/mol. The van der Waals surface area contributed by atoms with Crippen molar-refractivity contribution in [2.24, 2.45) is 0 Å². The third kappa shape index (κ3) is 5.90. The molecule has 0 saturated carbocycles. The van der Waals surface area contributed by atoms with Crippen molar-refractivity contribution in [3.05, 3.63) is 0 Å². The number of hydrogen-bond acceptors (Lipinski definition) is 8. The van der Waals surface area contributed by atoms with Crippen LogP contribution >= 0.6 is 0 Å². The molecule has 0 amide bonds. The van der Waals surface area contributed by atoms with Crippen LogP contribution < -0.4 is 0 Å². The van der Waals surface area contributed by atoms with E-state index in [9.17, 15) is 9.59 Å². The molecule has 0 aromatic rings. The molecule has 0 aromatic heterocycles. The molecule has 8 nitrogen and oxygen atoms in total. The van der Waals surface area contributed by atoms with E-state index in [1.807, 2.05) is 13.8 Å². The van der Waals surface area contributed by atoms with Gasteiger partial charge in [0.2, 0.25) is 0 Å². The van der Waals surface area contributed by atoms with Gasteiger partial charge in [-0.2, -0.15) is 0 Å². The van der Waals surface area contributed by atoms with Gasteiger partial charge in [-0.25, -0.2) is 0 Å². The Morgan fingerprint density at radius 2 is 1.23 bits per heavy atom. The van der Waals surface area contributed by atoms with Crippen LogP contribution in [0.15, 0.2) is 0 Å². The Morgan fingerprint density at radius 3 is 1.58 bits per heavy atom. The summed E-state index contributed by atoms with van der Waals surface area (Å²) in [6, 6.07) is 0. The lowest BCUT2D eigenvalue weighted by atomic mass is 10.1. The Kier molecular flexibility index (Phi) is 7.40. The maximum atomic E-state index is 11.5. The van der Waals surface area contributed by atoms with Crippen LogP contribution in [0.3, 0.4) is 0 Å². The second-order valence-corrected chi connectivity index (χ2v) is 6.81. The maximum absolute atomic E-state index is 11.5. The van der Waals surface area contributed by atoms with Gasteiger partial charge in [0.15, 0.2) is 11.6 Å². The van der Waals surface area contributed by atoms with E-state index in [-0.39, 0.29) is 37.0 Å². The van der Waals surface area contributed by atoms with Gasteiger partial charge in [0, 0.05) is 12.8 Å². The van der Waals surface area contributed by atoms with Gasteiger partial charge in [-0.05, 0) is 27.7 Å². The highest BCUT2D eigenvalue weighted by atomic mass is 16.8. The normalized spacial score (nSPS) is 34.0. The molecule has 0 aliphatic carbocycles. The zero-order valence-corrected chi connectivity index (χ0v) is 16.1. The van der Waals surface area contributed by atoms with Crippen molar-refractivity contribution in [3.63, 3.8) is 0 Å². The molecule has 2 saturated heterocycles. The SMILES string of the molecule is CCOC(=O)CCC1(C)OCC(C2COC(C)(CCC(=O)OCC)O2)O1. The van der Waals surface area contributed by atoms with Crippen molar-refractivity contribution in [3.8, 4) is 0 Å². The Balaban J connectivity index is 1.78. The molecule has 0 bridgehead atoms. The average Bonchev–Trinajstić information content (AvgIpc) is 3.17. The van der Waals surface area contributed by atoms with Gasteiger partial charge in [-0.15, -0.1) is 0 Å². The fourth-order valence-corrected chi connectivity index (χ4v) is 3.05. The fourth-order valence-electron chi connectivity index (χ4n) is 3.05. The van der Waals surface area contributed by atoms with Gasteiger partial charge in [-0.1, -0.05) is 0 Å². The minimum Gasteiger partial charge on any atom is -0.466 e. The molecule has 4 unspecified atom stereocenters. The lowest BCUT2D eigenvalue weighted by molar-refractivity contribution is -0.194. The summed E-state index contributed by atoms with van der Waals surface area (Å²) in [5.74, 6) is -2.22. The van der Waals surface area contributed by atoms with Crippen molar-refractivity contribution in [1.29, 1.82) is 0 Å². The zero-order chi connectivity index (χ0) is 19.2. The van der Waals surface area contributed by atoms with Crippen LogP contribution in [0.25, 0.3) is 0 Å². The third-order valence-electron chi connectivity index (χ3n) is 4.50. The van der Waals surface area contributed by atoms with E-state index in [2.05, 4.69) is 0 Å². The lowest BCUT2D eigenvalue weighted by Gasteiger charge is -2.26. The fraction of sp³-hybridized carbons (Fsp3) is 0.889. The molecule has 2 aliphatic rings. The maximum Gasteiger partial charge on any atom is 0.305 e. The minimum atomic E-state index is -0.843. The Hall–Kier alpha value is -1.22. The summed E-state index contributed by atoms with van der Waals surface area (Å²) < 4.78 is 33.4. The van der Waals surface area contributed by atoms with E-state index in [4.69, 9.17) is 28.4 Å². The van der Waals surface area contributed by atoms with Gasteiger partial charge in [-0.3, -0.25) is 9.59 Å². The van der Waals surface area contributed by atoms with Crippen LogP contribution in [-0.4, -0.2) is 62.1 Å². The topological polar surface area (TPSA) is 89.5 Å². The Labute approximate surface area is 154 Å². The molecule has 0 N–H and O–H groups in total. The summed E-state index contributed by atoms with van der Waals surface area (Å²) in [5, 5.41) is 0. The number of esters is 2. The van der Waals surface area contributed by atoms with E-state index in [0.29, 0.717) is 39.3 Å². The average molecular weight is 374 g/mol. The van der Waals surface area contributed by atoms with E-state index in [1.165, 1.54) is 0 Å². The number of hydrogen-bond donors (Lipinski definition) is 0. The van der Waals surface area contributed by atoms with E-state index >= 15 is 0 Å². The molecule has 8 heteroatoms. The second kappa shape index (κ2) is 9.12. The highest BCUT2D eigenvalue weighted by molar-refractivity contribution is 5.69. The highest BCUT2D eigenvalue weighted by Gasteiger charge is 2.47. The summed E-state index contributed by atoms with van der Waals surface area (Å²) >= 11 is 0. The van der Waals surface area contributed by atoms with E-state index < -0.39 is 11.6 Å². The molecule has 150 valence electrons. The Morgan fingerprint density at radius 1 is 0.846 bits per heavy atom. The quantitative estimate of drug-likeness (QED) is 0.566. The van der Waals surface area contributed by atoms with Crippen LogP contribution in [0, 0.1) is 0 Å². The largest absolute Gasteiger partial charge is 0.466 e. The highest BCUT2D eigenvalue weighted by Crippen LogP contribution is 2.36. The molecule has 2 rings (SSSR count). The molecule has 2 aliphatic heterocycles. The summed E-state index contributed by atoms with van der Waals surface area (Å²) in [4.78, 5) is 23.0. The van der Waals surface area contributed by atoms with E-state index in [1.54, 1.807) is 13.8 Å². The van der Waals surface area contributed by atoms with E-state index in [0.717, 1.165) is 0 Å². The first-order chi connectivity index (χ1) is 12.3. The second-order valence-electron chi connectivity index (χ2n) is 6.81. The first-order valence-electron chi connectivity index (χ1n) is 9.24. The van der Waals surface area contributed by atoms with Crippen LogP contribution in [0.1, 0.15) is 53.4 Å². The van der Waals surface area contributed by atoms with Crippen LogP contribution in [0.4, 0.5) is 0 Å². The van der Waals surface area contributed by atoms with Crippen LogP contribution in [-0.2, 0) is 38.0 Å².